The van der Waals surface area contributed by atoms with Gasteiger partial charge in [-0.25, -0.2) is 4.39 Å². The zero-order chi connectivity index (χ0) is 15.2. The Hall–Kier alpha value is -2.07. The lowest BCUT2D eigenvalue weighted by Crippen LogP contribution is -2.11. The van der Waals surface area contributed by atoms with Gasteiger partial charge in [-0.1, -0.05) is 18.2 Å². The molecule has 0 amide bonds. The Balaban J connectivity index is 1.98. The van der Waals surface area contributed by atoms with Crippen molar-refractivity contribution >= 4 is 0 Å². The third kappa shape index (κ3) is 3.95. The molecule has 112 valence electrons. The van der Waals surface area contributed by atoms with Crippen molar-refractivity contribution in [3.05, 3.63) is 59.4 Å². The number of halogens is 1. The maximum Gasteiger partial charge on any atom is 0.165 e. The van der Waals surface area contributed by atoms with Crippen LogP contribution in [0.5, 0.6) is 11.5 Å². The van der Waals surface area contributed by atoms with Crippen LogP contribution in [0.15, 0.2) is 42.5 Å². The van der Waals surface area contributed by atoms with E-state index in [1.807, 2.05) is 31.3 Å². The van der Waals surface area contributed by atoms with Crippen molar-refractivity contribution in [2.45, 2.75) is 19.6 Å². The van der Waals surface area contributed by atoms with Gasteiger partial charge in [-0.3, -0.25) is 0 Å². The van der Waals surface area contributed by atoms with Gasteiger partial charge in [0.05, 0.1) is 7.11 Å². The zero-order valence-electron chi connectivity index (χ0n) is 12.5. The molecule has 0 radical (unpaired) electrons. The average molecular weight is 289 g/mol. The van der Waals surface area contributed by atoms with E-state index in [-0.39, 0.29) is 11.6 Å². The van der Waals surface area contributed by atoms with Crippen LogP contribution >= 0.6 is 0 Å². The van der Waals surface area contributed by atoms with Crippen molar-refractivity contribution in [2.75, 3.05) is 14.2 Å². The van der Waals surface area contributed by atoms with Gasteiger partial charge in [0.15, 0.2) is 11.6 Å². The summed E-state index contributed by atoms with van der Waals surface area (Å²) in [5, 5.41) is 3.18. The van der Waals surface area contributed by atoms with Gasteiger partial charge in [0, 0.05) is 6.04 Å². The molecule has 0 aliphatic heterocycles. The maximum absolute atomic E-state index is 13.6. The van der Waals surface area contributed by atoms with Crippen LogP contribution in [-0.2, 0) is 6.61 Å². The van der Waals surface area contributed by atoms with Crippen LogP contribution in [0.2, 0.25) is 0 Å². The molecular weight excluding hydrogens is 269 g/mol. The van der Waals surface area contributed by atoms with E-state index in [1.54, 1.807) is 12.1 Å². The van der Waals surface area contributed by atoms with Crippen molar-refractivity contribution in [1.29, 1.82) is 0 Å². The SMILES string of the molecule is CNC(C)c1ccc(OCc2ccc(OC)c(F)c2)cc1. The molecule has 0 saturated heterocycles. The molecule has 0 aliphatic carbocycles. The number of ether oxygens (including phenoxy) is 2. The first-order chi connectivity index (χ1) is 10.1. The first-order valence-corrected chi connectivity index (χ1v) is 6.86. The molecule has 0 heterocycles. The molecule has 4 heteroatoms. The Morgan fingerprint density at radius 1 is 1.14 bits per heavy atom. The van der Waals surface area contributed by atoms with Crippen molar-refractivity contribution in [2.24, 2.45) is 0 Å². The zero-order valence-corrected chi connectivity index (χ0v) is 12.5. The molecule has 0 spiro atoms. The molecule has 0 saturated carbocycles. The van der Waals surface area contributed by atoms with E-state index in [4.69, 9.17) is 9.47 Å². The monoisotopic (exact) mass is 289 g/mol. The van der Waals surface area contributed by atoms with Crippen LogP contribution in [0, 0.1) is 5.82 Å². The molecule has 1 N–H and O–H groups in total. The Morgan fingerprint density at radius 2 is 1.86 bits per heavy atom. The number of hydrogen-bond donors (Lipinski definition) is 1. The fourth-order valence-corrected chi connectivity index (χ4v) is 1.99. The highest BCUT2D eigenvalue weighted by atomic mass is 19.1. The fourth-order valence-electron chi connectivity index (χ4n) is 1.99. The lowest BCUT2D eigenvalue weighted by Gasteiger charge is -2.12. The molecule has 2 aromatic carbocycles. The highest BCUT2D eigenvalue weighted by Gasteiger charge is 2.05. The topological polar surface area (TPSA) is 30.5 Å². The first kappa shape index (κ1) is 15.3. The molecular formula is C17H20FNO2. The second-order valence-corrected chi connectivity index (χ2v) is 4.84. The van der Waals surface area contributed by atoms with Gasteiger partial charge >= 0.3 is 0 Å². The van der Waals surface area contributed by atoms with Gasteiger partial charge in [-0.15, -0.1) is 0 Å². The van der Waals surface area contributed by atoms with E-state index in [1.165, 1.54) is 18.7 Å². The van der Waals surface area contributed by atoms with Gasteiger partial charge in [0.2, 0.25) is 0 Å². The van der Waals surface area contributed by atoms with E-state index in [2.05, 4.69) is 12.2 Å². The summed E-state index contributed by atoms with van der Waals surface area (Å²) < 4.78 is 24.1. The third-order valence-corrected chi connectivity index (χ3v) is 3.43. The highest BCUT2D eigenvalue weighted by Crippen LogP contribution is 2.21. The highest BCUT2D eigenvalue weighted by molar-refractivity contribution is 5.31. The normalized spacial score (nSPS) is 12.0. The van der Waals surface area contributed by atoms with Crippen LogP contribution in [-0.4, -0.2) is 14.2 Å². The predicted octanol–water partition coefficient (Wildman–Crippen LogP) is 3.69. The maximum atomic E-state index is 13.6. The summed E-state index contributed by atoms with van der Waals surface area (Å²) in [5.41, 5.74) is 1.96. The van der Waals surface area contributed by atoms with Crippen LogP contribution in [0.4, 0.5) is 4.39 Å². The van der Waals surface area contributed by atoms with E-state index < -0.39 is 0 Å². The van der Waals surface area contributed by atoms with Crippen molar-refractivity contribution in [3.8, 4) is 11.5 Å². The summed E-state index contributed by atoms with van der Waals surface area (Å²) >= 11 is 0. The Morgan fingerprint density at radius 3 is 2.43 bits per heavy atom. The number of nitrogens with one attached hydrogen (secondary N) is 1. The molecule has 1 atom stereocenters. The molecule has 2 rings (SSSR count). The van der Waals surface area contributed by atoms with E-state index in [0.717, 1.165) is 11.3 Å². The minimum absolute atomic E-state index is 0.240. The molecule has 0 fully saturated rings. The molecule has 3 nitrogen and oxygen atoms in total. The van der Waals surface area contributed by atoms with Gasteiger partial charge in [-0.2, -0.15) is 0 Å². The predicted molar refractivity (Wildman–Crippen MR) is 81.2 cm³/mol. The standard InChI is InChI=1S/C17H20FNO2/c1-12(19-2)14-5-7-15(8-6-14)21-11-13-4-9-17(20-3)16(18)10-13/h4-10,12,19H,11H2,1-3H3. The minimum atomic E-state index is -0.378. The van der Waals surface area contributed by atoms with E-state index >= 15 is 0 Å². The van der Waals surface area contributed by atoms with Crippen molar-refractivity contribution in [3.63, 3.8) is 0 Å². The second-order valence-electron chi connectivity index (χ2n) is 4.84. The van der Waals surface area contributed by atoms with Crippen LogP contribution in [0.25, 0.3) is 0 Å². The quantitative estimate of drug-likeness (QED) is 0.879. The Kier molecular flexibility index (Phi) is 5.17. The largest absolute Gasteiger partial charge is 0.494 e. The van der Waals surface area contributed by atoms with Gasteiger partial charge in [0.25, 0.3) is 0 Å². The molecule has 0 bridgehead atoms. The number of rotatable bonds is 6. The summed E-state index contributed by atoms with van der Waals surface area (Å²) in [7, 11) is 3.37. The second kappa shape index (κ2) is 7.09. The summed E-state index contributed by atoms with van der Waals surface area (Å²) in [4.78, 5) is 0. The molecule has 1 unspecified atom stereocenters. The summed E-state index contributed by atoms with van der Waals surface area (Å²) in [5.74, 6) is 0.624. The van der Waals surface area contributed by atoms with Crippen LogP contribution in [0.1, 0.15) is 24.1 Å². The molecule has 21 heavy (non-hydrogen) atoms. The van der Waals surface area contributed by atoms with Gasteiger partial charge < -0.3 is 14.8 Å². The van der Waals surface area contributed by atoms with Crippen LogP contribution < -0.4 is 14.8 Å². The molecule has 0 aromatic heterocycles. The lowest BCUT2D eigenvalue weighted by atomic mass is 10.1. The van der Waals surface area contributed by atoms with E-state index in [9.17, 15) is 4.39 Å². The first-order valence-electron chi connectivity index (χ1n) is 6.86. The summed E-state index contributed by atoms with van der Waals surface area (Å²) in [6.07, 6.45) is 0. The number of hydrogen-bond acceptors (Lipinski definition) is 3. The lowest BCUT2D eigenvalue weighted by molar-refractivity contribution is 0.304. The van der Waals surface area contributed by atoms with Crippen LogP contribution in [0.3, 0.4) is 0 Å². The van der Waals surface area contributed by atoms with Crippen molar-refractivity contribution < 1.29 is 13.9 Å². The summed E-state index contributed by atoms with van der Waals surface area (Å²) in [6.45, 7) is 2.41. The minimum Gasteiger partial charge on any atom is -0.494 e. The Labute approximate surface area is 124 Å². The molecule has 2 aromatic rings. The number of benzene rings is 2. The van der Waals surface area contributed by atoms with Gasteiger partial charge in [0.1, 0.15) is 12.4 Å². The third-order valence-electron chi connectivity index (χ3n) is 3.43. The average Bonchev–Trinajstić information content (AvgIpc) is 2.52. The molecule has 0 aliphatic rings. The van der Waals surface area contributed by atoms with Crippen molar-refractivity contribution in [1.82, 2.24) is 5.32 Å². The number of methoxy groups -OCH3 is 1. The fraction of sp³-hybridized carbons (Fsp3) is 0.294. The summed E-state index contributed by atoms with van der Waals surface area (Å²) in [6, 6.07) is 13.0. The smallest absolute Gasteiger partial charge is 0.165 e. The van der Waals surface area contributed by atoms with Gasteiger partial charge in [-0.05, 0) is 49.4 Å². The van der Waals surface area contributed by atoms with E-state index in [0.29, 0.717) is 12.6 Å². The Bertz CT molecular complexity index is 584.